The van der Waals surface area contributed by atoms with Gasteiger partial charge in [0.1, 0.15) is 0 Å². The Kier molecular flexibility index (Phi) is 2.92. The van der Waals surface area contributed by atoms with E-state index in [2.05, 4.69) is 0 Å². The Labute approximate surface area is 39.0 Å². The van der Waals surface area contributed by atoms with Crippen molar-refractivity contribution < 1.29 is 5.11 Å². The minimum atomic E-state index is -0.458. The molecule has 0 rings (SSSR count). The van der Waals surface area contributed by atoms with E-state index in [1.54, 1.807) is 13.8 Å². The number of hydrogen-bond donors (Lipinski definition) is 1. The van der Waals surface area contributed by atoms with Crippen LogP contribution in [0.2, 0.25) is 0 Å². The maximum atomic E-state index is 8.83. The van der Waals surface area contributed by atoms with Gasteiger partial charge in [-0.25, -0.2) is 0 Å². The molecule has 0 amide bonds. The molecule has 1 N–H and O–H groups in total. The van der Waals surface area contributed by atoms with Gasteiger partial charge in [-0.1, -0.05) is 6.92 Å². The zero-order valence-corrected chi connectivity index (χ0v) is 11.8. The fraction of sp³-hybridized carbons (Fsp3) is 1.00. The van der Waals surface area contributed by atoms with Crippen molar-refractivity contribution in [1.82, 2.24) is 0 Å². The van der Waals surface area contributed by atoms with Crippen molar-refractivity contribution in [2.75, 3.05) is 0 Å². The van der Waals surface area contributed by atoms with Gasteiger partial charge in [0.25, 0.3) is 0 Å². The molecule has 0 aromatic rings. The summed E-state index contributed by atoms with van der Waals surface area (Å²) in [6.45, 7) is 5.56. The van der Waals surface area contributed by atoms with Crippen molar-refractivity contribution in [3.63, 3.8) is 0 Å². The molecular formula is C5H12ORf. The minimum Gasteiger partial charge on any atom is -0.390 e. The smallest absolute Gasteiger partial charge is 0.0589 e. The molecule has 2 heteroatoms. The maximum Gasteiger partial charge on any atom is 0.0589 e. The van der Waals surface area contributed by atoms with Crippen molar-refractivity contribution in [3.8, 4) is 0 Å². The summed E-state index contributed by atoms with van der Waals surface area (Å²) in [5.74, 6) is 0. The van der Waals surface area contributed by atoms with E-state index in [1.807, 2.05) is 6.92 Å². The molecule has 0 atom stereocenters. The van der Waals surface area contributed by atoms with Crippen molar-refractivity contribution in [1.29, 1.82) is 0 Å². The van der Waals surface area contributed by atoms with Crippen molar-refractivity contribution in [2.45, 2.75) is 32.8 Å². The summed E-state index contributed by atoms with van der Waals surface area (Å²) in [4.78, 5) is 0. The average Bonchev–Trinajstić information content (AvgIpc) is 1.35. The largest absolute Gasteiger partial charge is 0.390 e. The third-order valence-electron chi connectivity index (χ3n) is 0.865. The van der Waals surface area contributed by atoms with Crippen LogP contribution in [-0.2, 0) is 0 Å². The molecule has 0 saturated heterocycles. The summed E-state index contributed by atoms with van der Waals surface area (Å²) in [6, 6.07) is 0. The van der Waals surface area contributed by atoms with Crippen LogP contribution in [-0.4, -0.2) is 10.7 Å². The molecule has 0 aromatic carbocycles. The number of rotatable bonds is 1. The summed E-state index contributed by atoms with van der Waals surface area (Å²) < 4.78 is 0. The number of aliphatic hydroxyl groups is 1. The van der Waals surface area contributed by atoms with Crippen molar-refractivity contribution >= 4 is 0 Å². The van der Waals surface area contributed by atoms with E-state index < -0.39 is 5.60 Å². The van der Waals surface area contributed by atoms with Gasteiger partial charge in [0, 0.05) is 0 Å². The van der Waals surface area contributed by atoms with Crippen LogP contribution in [0.25, 0.3) is 0 Å². The third kappa shape index (κ3) is 11.3. The molecule has 0 aliphatic heterocycles. The van der Waals surface area contributed by atoms with Crippen molar-refractivity contribution in [3.05, 3.63) is 0 Å². The Hall–Kier alpha value is -1.04. The summed E-state index contributed by atoms with van der Waals surface area (Å²) in [6.07, 6.45) is 0.826. The SMILES string of the molecule is CCC(C)(C)O.[Rf]. The second kappa shape index (κ2) is 2.19. The molecular weight excluding hydrogens is 343 g/mol. The molecule has 0 unspecified atom stereocenters. The first-order valence-electron chi connectivity index (χ1n) is 2.28. The van der Waals surface area contributed by atoms with Gasteiger partial charge in [0.2, 0.25) is 0 Å². The van der Waals surface area contributed by atoms with E-state index in [-0.39, 0.29) is 0 Å². The van der Waals surface area contributed by atoms with Crippen LogP contribution in [0.4, 0.5) is 0 Å². The van der Waals surface area contributed by atoms with E-state index in [9.17, 15) is 0 Å². The quantitative estimate of drug-likeness (QED) is 0.749. The average molecular weight is 355 g/mol. The van der Waals surface area contributed by atoms with Crippen LogP contribution in [0.1, 0.15) is 27.2 Å². The van der Waals surface area contributed by atoms with Crippen LogP contribution in [0.3, 0.4) is 0 Å². The van der Waals surface area contributed by atoms with Gasteiger partial charge in [-0.05, 0) is 20.3 Å². The Morgan fingerprint density at radius 2 is 1.57 bits per heavy atom. The third-order valence-corrected chi connectivity index (χ3v) is 0.865. The van der Waals surface area contributed by atoms with Gasteiger partial charge in [-0.3, -0.25) is 0 Å². The molecule has 0 spiro atoms. The fourth-order valence-electron chi connectivity index (χ4n) is 0. The van der Waals surface area contributed by atoms with Crippen LogP contribution in [0, 0.1) is 0 Å². The normalized spacial score (nSPS) is 10.3. The Morgan fingerprint density at radius 3 is 1.57 bits per heavy atom. The maximum absolute atomic E-state index is 8.83. The summed E-state index contributed by atoms with van der Waals surface area (Å²) >= 11 is 0. The molecule has 0 bridgehead atoms. The van der Waals surface area contributed by atoms with E-state index in [1.165, 1.54) is 0 Å². The molecule has 0 aliphatic carbocycles. The van der Waals surface area contributed by atoms with Gasteiger partial charge in [0.05, 0.1) is 5.60 Å². The second-order valence-corrected chi connectivity index (χ2v) is 2.17. The van der Waals surface area contributed by atoms with E-state index in [0.29, 0.717) is 0 Å². The molecule has 40 valence electrons. The van der Waals surface area contributed by atoms with Gasteiger partial charge in [0.15, 0.2) is 0 Å². The summed E-state index contributed by atoms with van der Waals surface area (Å²) in [5, 5.41) is 8.83. The second-order valence-electron chi connectivity index (χ2n) is 2.17. The first-order chi connectivity index (χ1) is 2.56. The minimum absolute atomic E-state index is 0. The molecule has 1 nitrogen and oxygen atoms in total. The van der Waals surface area contributed by atoms with E-state index >= 15 is 0 Å². The summed E-state index contributed by atoms with van der Waals surface area (Å²) in [7, 11) is 0. The van der Waals surface area contributed by atoms with Gasteiger partial charge in [-0.2, -0.15) is 0 Å². The van der Waals surface area contributed by atoms with E-state index in [0.717, 1.165) is 6.42 Å². The van der Waals surface area contributed by atoms with Crippen molar-refractivity contribution in [2.24, 2.45) is 0 Å². The molecule has 7 heavy (non-hydrogen) atoms. The standard InChI is InChI=1S/C5H12O.Rf/c1-4-5(2,3)6;/h6H,4H2,1-3H3;. The van der Waals surface area contributed by atoms with E-state index in [4.69, 9.17) is 5.11 Å². The first-order valence-corrected chi connectivity index (χ1v) is 2.28. The first kappa shape index (κ1) is 9.35. The molecule has 0 heterocycles. The topological polar surface area (TPSA) is 20.2 Å². The predicted octanol–water partition coefficient (Wildman–Crippen LogP) is 1.17. The molecule has 0 aliphatic rings. The van der Waals surface area contributed by atoms with Crippen LogP contribution in [0.5, 0.6) is 0 Å². The molecule has 0 saturated carbocycles. The predicted molar refractivity (Wildman–Crippen MR) is 26.6 cm³/mol. The van der Waals surface area contributed by atoms with Gasteiger partial charge < -0.3 is 5.11 Å². The Morgan fingerprint density at radius 1 is 1.43 bits per heavy atom. The Balaban J connectivity index is 0. The van der Waals surface area contributed by atoms with Crippen LogP contribution in [0.15, 0.2) is 0 Å². The molecule has 0 aromatic heterocycles. The van der Waals surface area contributed by atoms with Gasteiger partial charge in [-0.15, -0.1) is 0 Å². The zero-order chi connectivity index (χ0) is 5.21. The van der Waals surface area contributed by atoms with Crippen LogP contribution >= 0.6 is 0 Å². The molecule has 0 fully saturated rings. The Bertz CT molecular complexity index is 37.8. The summed E-state index contributed by atoms with van der Waals surface area (Å²) in [5.41, 5.74) is -0.458. The molecule has 0 radical (unpaired) electrons. The fourth-order valence-corrected chi connectivity index (χ4v) is 0. The van der Waals surface area contributed by atoms with Gasteiger partial charge >= 0.3 is 0 Å². The monoisotopic (exact) mass is 355 g/mol. The number of hydrogen-bond acceptors (Lipinski definition) is 1. The van der Waals surface area contributed by atoms with Crippen LogP contribution < -0.4 is 0 Å². The zero-order valence-electron chi connectivity index (χ0n) is 5.36.